The van der Waals surface area contributed by atoms with E-state index in [4.69, 9.17) is 11.6 Å². The van der Waals surface area contributed by atoms with E-state index in [-0.39, 0.29) is 0 Å². The standard InChI is InChI=1S/C8H8ClN3S2/c9-6-3-12-8(14-6)5-10-4-7-11-1-2-13-7/h1-3,10H,4-5H2. The van der Waals surface area contributed by atoms with Gasteiger partial charge in [0.05, 0.1) is 6.20 Å². The molecule has 0 radical (unpaired) electrons. The molecular formula is C8H8ClN3S2. The number of hydrogen-bond acceptors (Lipinski definition) is 5. The predicted molar refractivity (Wildman–Crippen MR) is 59.8 cm³/mol. The zero-order valence-electron chi connectivity index (χ0n) is 7.24. The van der Waals surface area contributed by atoms with Crippen molar-refractivity contribution in [2.24, 2.45) is 0 Å². The van der Waals surface area contributed by atoms with Crippen molar-refractivity contribution in [3.8, 4) is 0 Å². The van der Waals surface area contributed by atoms with Gasteiger partial charge in [0, 0.05) is 24.7 Å². The summed E-state index contributed by atoms with van der Waals surface area (Å²) in [5, 5.41) is 7.32. The molecule has 74 valence electrons. The molecule has 0 aliphatic heterocycles. The summed E-state index contributed by atoms with van der Waals surface area (Å²) in [6, 6.07) is 0. The van der Waals surface area contributed by atoms with Crippen LogP contribution in [0.15, 0.2) is 17.8 Å². The second kappa shape index (κ2) is 4.84. The van der Waals surface area contributed by atoms with Gasteiger partial charge in [0.2, 0.25) is 0 Å². The highest BCUT2D eigenvalue weighted by Crippen LogP contribution is 2.17. The number of aromatic nitrogens is 2. The SMILES string of the molecule is Clc1cnc(CNCc2nccs2)s1. The minimum atomic E-state index is 0.732. The maximum Gasteiger partial charge on any atom is 0.113 e. The van der Waals surface area contributed by atoms with Gasteiger partial charge >= 0.3 is 0 Å². The van der Waals surface area contributed by atoms with Crippen LogP contribution < -0.4 is 5.32 Å². The van der Waals surface area contributed by atoms with Crippen molar-refractivity contribution in [2.75, 3.05) is 0 Å². The van der Waals surface area contributed by atoms with Gasteiger partial charge in [-0.3, -0.25) is 0 Å². The van der Waals surface area contributed by atoms with Crippen molar-refractivity contribution in [1.29, 1.82) is 0 Å². The van der Waals surface area contributed by atoms with Crippen LogP contribution >= 0.6 is 34.3 Å². The third-order valence-corrected chi connectivity index (χ3v) is 3.46. The fourth-order valence-corrected chi connectivity index (χ4v) is 2.50. The Labute approximate surface area is 94.8 Å². The normalized spacial score (nSPS) is 10.6. The minimum Gasteiger partial charge on any atom is -0.304 e. The summed E-state index contributed by atoms with van der Waals surface area (Å²) in [5.41, 5.74) is 0. The van der Waals surface area contributed by atoms with Gasteiger partial charge in [0.1, 0.15) is 14.4 Å². The zero-order valence-corrected chi connectivity index (χ0v) is 9.62. The first kappa shape index (κ1) is 10.0. The average molecular weight is 246 g/mol. The highest BCUT2D eigenvalue weighted by molar-refractivity contribution is 7.15. The second-order valence-electron chi connectivity index (χ2n) is 2.59. The zero-order chi connectivity index (χ0) is 9.80. The first-order valence-electron chi connectivity index (χ1n) is 4.04. The number of hydrogen-bond donors (Lipinski definition) is 1. The predicted octanol–water partition coefficient (Wildman–Crippen LogP) is 2.54. The Morgan fingerprint density at radius 2 is 2.14 bits per heavy atom. The molecule has 0 spiro atoms. The molecule has 0 aliphatic rings. The molecule has 0 saturated carbocycles. The molecule has 14 heavy (non-hydrogen) atoms. The molecule has 0 saturated heterocycles. The van der Waals surface area contributed by atoms with Gasteiger partial charge in [-0.15, -0.1) is 22.7 Å². The van der Waals surface area contributed by atoms with E-state index in [1.165, 1.54) is 11.3 Å². The maximum atomic E-state index is 5.76. The Morgan fingerprint density at radius 1 is 1.29 bits per heavy atom. The largest absolute Gasteiger partial charge is 0.304 e. The molecule has 0 bridgehead atoms. The summed E-state index contributed by atoms with van der Waals surface area (Å²) in [5.74, 6) is 0. The molecule has 0 atom stereocenters. The molecule has 2 heterocycles. The summed E-state index contributed by atoms with van der Waals surface area (Å²) in [6.45, 7) is 1.53. The monoisotopic (exact) mass is 245 g/mol. The lowest BCUT2D eigenvalue weighted by Crippen LogP contribution is -2.11. The van der Waals surface area contributed by atoms with Gasteiger partial charge in [-0.25, -0.2) is 9.97 Å². The average Bonchev–Trinajstić information content (AvgIpc) is 2.77. The van der Waals surface area contributed by atoms with E-state index in [9.17, 15) is 0 Å². The van der Waals surface area contributed by atoms with E-state index in [1.807, 2.05) is 11.6 Å². The fourth-order valence-electron chi connectivity index (χ4n) is 0.986. The van der Waals surface area contributed by atoms with Gasteiger partial charge < -0.3 is 5.32 Å². The van der Waals surface area contributed by atoms with Gasteiger partial charge in [-0.1, -0.05) is 11.6 Å². The van der Waals surface area contributed by atoms with Crippen molar-refractivity contribution in [2.45, 2.75) is 13.1 Å². The molecule has 2 aromatic heterocycles. The quantitative estimate of drug-likeness (QED) is 0.900. The van der Waals surface area contributed by atoms with Crippen molar-refractivity contribution >= 4 is 34.3 Å². The smallest absolute Gasteiger partial charge is 0.113 e. The Kier molecular flexibility index (Phi) is 3.47. The number of thiazole rings is 2. The Bertz CT molecular complexity index is 385. The molecule has 3 nitrogen and oxygen atoms in total. The minimum absolute atomic E-state index is 0.732. The second-order valence-corrected chi connectivity index (χ2v) is 5.31. The van der Waals surface area contributed by atoms with E-state index in [0.717, 1.165) is 27.4 Å². The summed E-state index contributed by atoms with van der Waals surface area (Å²) in [7, 11) is 0. The molecule has 0 fully saturated rings. The van der Waals surface area contributed by atoms with Crippen LogP contribution in [-0.2, 0) is 13.1 Å². The summed E-state index contributed by atoms with van der Waals surface area (Å²) in [6.07, 6.45) is 3.48. The molecule has 2 rings (SSSR count). The summed E-state index contributed by atoms with van der Waals surface area (Å²) < 4.78 is 0.732. The molecule has 1 N–H and O–H groups in total. The highest BCUT2D eigenvalue weighted by atomic mass is 35.5. The lowest BCUT2D eigenvalue weighted by molar-refractivity contribution is 0.686. The third-order valence-electron chi connectivity index (χ3n) is 1.56. The number of nitrogens with zero attached hydrogens (tertiary/aromatic N) is 2. The Morgan fingerprint density at radius 3 is 2.79 bits per heavy atom. The van der Waals surface area contributed by atoms with Crippen LogP contribution in [0.25, 0.3) is 0 Å². The van der Waals surface area contributed by atoms with Crippen molar-refractivity contribution in [3.63, 3.8) is 0 Å². The number of nitrogens with one attached hydrogen (secondary N) is 1. The lowest BCUT2D eigenvalue weighted by atomic mass is 10.6. The fraction of sp³-hybridized carbons (Fsp3) is 0.250. The maximum absolute atomic E-state index is 5.76. The Hall–Kier alpha value is -0.490. The Balaban J connectivity index is 1.78. The number of rotatable bonds is 4. The molecule has 0 amide bonds. The van der Waals surface area contributed by atoms with E-state index in [2.05, 4.69) is 15.3 Å². The molecule has 2 aromatic rings. The van der Waals surface area contributed by atoms with Crippen molar-refractivity contribution in [1.82, 2.24) is 15.3 Å². The van der Waals surface area contributed by atoms with Gasteiger partial charge in [0.25, 0.3) is 0 Å². The van der Waals surface area contributed by atoms with Crippen molar-refractivity contribution in [3.05, 3.63) is 32.1 Å². The van der Waals surface area contributed by atoms with Crippen LogP contribution in [0.1, 0.15) is 10.0 Å². The van der Waals surface area contributed by atoms with Crippen LogP contribution in [0.5, 0.6) is 0 Å². The molecule has 6 heteroatoms. The van der Waals surface area contributed by atoms with E-state index in [0.29, 0.717) is 0 Å². The summed E-state index contributed by atoms with van der Waals surface area (Å²) >= 11 is 8.90. The van der Waals surface area contributed by atoms with E-state index in [1.54, 1.807) is 17.5 Å². The summed E-state index contributed by atoms with van der Waals surface area (Å²) in [4.78, 5) is 8.31. The highest BCUT2D eigenvalue weighted by Gasteiger charge is 1.99. The number of halogens is 1. The third kappa shape index (κ3) is 2.75. The first-order chi connectivity index (χ1) is 6.84. The van der Waals surface area contributed by atoms with Crippen LogP contribution in [-0.4, -0.2) is 9.97 Å². The topological polar surface area (TPSA) is 37.8 Å². The molecule has 0 unspecified atom stereocenters. The van der Waals surface area contributed by atoms with Gasteiger partial charge in [-0.2, -0.15) is 0 Å². The van der Waals surface area contributed by atoms with E-state index < -0.39 is 0 Å². The molecular weight excluding hydrogens is 238 g/mol. The molecule has 0 aromatic carbocycles. The van der Waals surface area contributed by atoms with Crippen LogP contribution in [0.2, 0.25) is 4.34 Å². The van der Waals surface area contributed by atoms with Gasteiger partial charge in [0.15, 0.2) is 0 Å². The lowest BCUT2D eigenvalue weighted by Gasteiger charge is -1.97. The molecule has 0 aliphatic carbocycles. The first-order valence-corrected chi connectivity index (χ1v) is 6.11. The van der Waals surface area contributed by atoms with Crippen LogP contribution in [0, 0.1) is 0 Å². The van der Waals surface area contributed by atoms with E-state index >= 15 is 0 Å². The van der Waals surface area contributed by atoms with Crippen molar-refractivity contribution < 1.29 is 0 Å². The van der Waals surface area contributed by atoms with Crippen LogP contribution in [0.3, 0.4) is 0 Å². The van der Waals surface area contributed by atoms with Crippen LogP contribution in [0.4, 0.5) is 0 Å². The van der Waals surface area contributed by atoms with Gasteiger partial charge in [-0.05, 0) is 0 Å².